The minimum Gasteiger partial charge on any atom is -0.393 e. The summed E-state index contributed by atoms with van der Waals surface area (Å²) >= 11 is 0. The number of aliphatic hydroxyl groups excluding tert-OH is 2. The fourth-order valence-electron chi connectivity index (χ4n) is 5.99. The smallest absolute Gasteiger partial charge is 0.227 e. The number of hydrogen-bond acceptors (Lipinski definition) is 6. The van der Waals surface area contributed by atoms with Gasteiger partial charge in [0.05, 0.1) is 34.4 Å². The predicted molar refractivity (Wildman–Crippen MR) is 135 cm³/mol. The zero-order valence-electron chi connectivity index (χ0n) is 20.9. The first kappa shape index (κ1) is 24.7. The Morgan fingerprint density at radius 3 is 2.58 bits per heavy atom. The third-order valence-electron chi connectivity index (χ3n) is 7.81. The molecule has 10 heteroatoms. The van der Waals surface area contributed by atoms with Gasteiger partial charge in [-0.25, -0.2) is 13.8 Å². The highest BCUT2D eigenvalue weighted by Gasteiger charge is 2.38. The van der Waals surface area contributed by atoms with Crippen LogP contribution in [0.1, 0.15) is 67.9 Å². The van der Waals surface area contributed by atoms with E-state index in [4.69, 9.17) is 9.51 Å². The van der Waals surface area contributed by atoms with Crippen molar-refractivity contribution in [1.29, 1.82) is 0 Å². The monoisotopic (exact) mass is 522 g/mol. The number of imidazole rings is 1. The van der Waals surface area contributed by atoms with Gasteiger partial charge in [-0.2, -0.15) is 0 Å². The highest BCUT2D eigenvalue weighted by molar-refractivity contribution is 5.96. The van der Waals surface area contributed by atoms with E-state index in [9.17, 15) is 23.8 Å². The fraction of sp³-hybridized carbons (Fsp3) is 0.393. The van der Waals surface area contributed by atoms with Crippen LogP contribution in [0.4, 0.5) is 14.5 Å². The van der Waals surface area contributed by atoms with Crippen molar-refractivity contribution in [3.8, 4) is 11.1 Å². The lowest BCUT2D eigenvalue weighted by molar-refractivity contribution is -0.117. The van der Waals surface area contributed by atoms with Gasteiger partial charge >= 0.3 is 0 Å². The maximum Gasteiger partial charge on any atom is 0.227 e. The van der Waals surface area contributed by atoms with Gasteiger partial charge in [-0.15, -0.1) is 0 Å². The van der Waals surface area contributed by atoms with Gasteiger partial charge in [0.2, 0.25) is 5.91 Å². The van der Waals surface area contributed by atoms with Crippen LogP contribution >= 0.6 is 0 Å². The van der Waals surface area contributed by atoms with E-state index in [-0.39, 0.29) is 31.1 Å². The third-order valence-corrected chi connectivity index (χ3v) is 7.81. The van der Waals surface area contributed by atoms with E-state index < -0.39 is 17.7 Å². The first-order valence-electron chi connectivity index (χ1n) is 12.9. The van der Waals surface area contributed by atoms with Crippen LogP contribution in [-0.2, 0) is 11.4 Å². The first-order chi connectivity index (χ1) is 18.4. The molecule has 3 heterocycles. The van der Waals surface area contributed by atoms with Crippen LogP contribution in [0, 0.1) is 18.6 Å². The Hall–Kier alpha value is -3.63. The summed E-state index contributed by atoms with van der Waals surface area (Å²) in [5.74, 6) is -1.10. The maximum absolute atomic E-state index is 14.1. The topological polar surface area (TPSA) is 105 Å². The van der Waals surface area contributed by atoms with Crippen molar-refractivity contribution in [3.05, 3.63) is 65.3 Å². The molecule has 6 rings (SSSR count). The van der Waals surface area contributed by atoms with E-state index >= 15 is 0 Å². The second kappa shape index (κ2) is 9.59. The summed E-state index contributed by atoms with van der Waals surface area (Å²) in [5, 5.41) is 23.8. The lowest BCUT2D eigenvalue weighted by Crippen LogP contribution is -2.31. The van der Waals surface area contributed by atoms with Crippen LogP contribution in [0.15, 0.2) is 40.9 Å². The molecule has 38 heavy (non-hydrogen) atoms. The van der Waals surface area contributed by atoms with Crippen molar-refractivity contribution < 1.29 is 28.3 Å². The van der Waals surface area contributed by atoms with E-state index in [1.807, 2.05) is 25.1 Å². The van der Waals surface area contributed by atoms with Crippen LogP contribution in [0.5, 0.6) is 0 Å². The van der Waals surface area contributed by atoms with E-state index in [0.29, 0.717) is 53.3 Å². The van der Waals surface area contributed by atoms with Crippen molar-refractivity contribution in [2.75, 3.05) is 4.90 Å². The van der Waals surface area contributed by atoms with Crippen LogP contribution in [0.2, 0.25) is 0 Å². The molecular weight excluding hydrogens is 494 g/mol. The van der Waals surface area contributed by atoms with Crippen molar-refractivity contribution in [2.24, 2.45) is 0 Å². The van der Waals surface area contributed by atoms with Crippen LogP contribution in [0.3, 0.4) is 0 Å². The highest BCUT2D eigenvalue weighted by atomic mass is 19.2. The lowest BCUT2D eigenvalue weighted by atomic mass is 9.92. The van der Waals surface area contributed by atoms with Crippen molar-refractivity contribution in [3.63, 3.8) is 0 Å². The van der Waals surface area contributed by atoms with Gasteiger partial charge in [0.15, 0.2) is 17.4 Å². The Morgan fingerprint density at radius 1 is 1.05 bits per heavy atom. The van der Waals surface area contributed by atoms with Gasteiger partial charge in [-0.3, -0.25) is 4.79 Å². The molecule has 2 aromatic carbocycles. The SMILES string of the molecule is Cc1noc(CO)c1-c1ccc2c(c1)nc([C@@H]1CCC(=O)N1c1ccc(F)c(F)c1)n2[C@H]1CC[C@H](O)CC1. The standard InChI is InChI=1S/C28H28F2N4O4/c1-15-27(25(14-35)38-32-15)16-2-9-23-22(12-16)31-28(34(23)17-3-6-19(36)7-4-17)24-10-11-26(37)33(24)18-5-8-20(29)21(30)13-18/h2,5,8-9,12-13,17,19,24,35-36H,3-4,6-7,10-11,14H2,1H3/t17-,19-,24-/m0/s1. The van der Waals surface area contributed by atoms with Gasteiger partial charge in [0.1, 0.15) is 12.4 Å². The quantitative estimate of drug-likeness (QED) is 0.377. The third kappa shape index (κ3) is 4.08. The van der Waals surface area contributed by atoms with Gasteiger partial charge in [0, 0.05) is 24.2 Å². The average molecular weight is 523 g/mol. The van der Waals surface area contributed by atoms with E-state index in [1.165, 1.54) is 11.0 Å². The van der Waals surface area contributed by atoms with Gasteiger partial charge in [0.25, 0.3) is 0 Å². The van der Waals surface area contributed by atoms with Gasteiger partial charge < -0.3 is 24.2 Å². The maximum atomic E-state index is 14.1. The summed E-state index contributed by atoms with van der Waals surface area (Å²) in [7, 11) is 0. The highest BCUT2D eigenvalue weighted by Crippen LogP contribution is 2.42. The Kier molecular flexibility index (Phi) is 6.23. The summed E-state index contributed by atoms with van der Waals surface area (Å²) in [5.41, 5.74) is 4.05. The second-order valence-electron chi connectivity index (χ2n) is 10.1. The second-order valence-corrected chi connectivity index (χ2v) is 10.1. The number of hydrogen-bond donors (Lipinski definition) is 2. The zero-order valence-corrected chi connectivity index (χ0v) is 20.9. The number of benzene rings is 2. The van der Waals surface area contributed by atoms with E-state index in [2.05, 4.69) is 9.72 Å². The molecule has 1 saturated carbocycles. The molecule has 8 nitrogen and oxygen atoms in total. The summed E-state index contributed by atoms with van der Waals surface area (Å²) in [6.07, 6.45) is 3.26. The van der Waals surface area contributed by atoms with Crippen molar-refractivity contribution in [1.82, 2.24) is 14.7 Å². The summed E-state index contributed by atoms with van der Waals surface area (Å²) in [6, 6.07) is 8.94. The lowest BCUT2D eigenvalue weighted by Gasteiger charge is -2.31. The molecule has 1 atom stereocenters. The van der Waals surface area contributed by atoms with Gasteiger partial charge in [-0.1, -0.05) is 11.2 Å². The van der Waals surface area contributed by atoms with Crippen molar-refractivity contribution in [2.45, 2.75) is 70.2 Å². The van der Waals surface area contributed by atoms with E-state index in [0.717, 1.165) is 36.1 Å². The number of carbonyl (C=O) groups is 1. The predicted octanol–water partition coefficient (Wildman–Crippen LogP) is 5.11. The molecule has 2 fully saturated rings. The number of aliphatic hydroxyl groups is 2. The zero-order chi connectivity index (χ0) is 26.6. The molecular formula is C28H28F2N4O4. The molecule has 1 saturated heterocycles. The van der Waals surface area contributed by atoms with Crippen LogP contribution in [0.25, 0.3) is 22.2 Å². The summed E-state index contributed by atoms with van der Waals surface area (Å²) < 4.78 is 35.3. The largest absolute Gasteiger partial charge is 0.393 e. The molecule has 198 valence electrons. The first-order valence-corrected chi connectivity index (χ1v) is 12.9. The normalized spacial score (nSPS) is 22.1. The van der Waals surface area contributed by atoms with Crippen molar-refractivity contribution >= 4 is 22.6 Å². The Balaban J connectivity index is 1.50. The molecule has 0 unspecified atom stereocenters. The molecule has 1 amide bonds. The molecule has 0 spiro atoms. The minimum atomic E-state index is -1.01. The van der Waals surface area contributed by atoms with E-state index in [1.54, 1.807) is 0 Å². The molecule has 4 aromatic rings. The molecule has 2 aromatic heterocycles. The molecule has 0 bridgehead atoms. The molecule has 2 N–H and O–H groups in total. The summed E-state index contributed by atoms with van der Waals surface area (Å²) in [6.45, 7) is 1.52. The Bertz CT molecular complexity index is 1520. The fourth-order valence-corrected chi connectivity index (χ4v) is 5.99. The average Bonchev–Trinajstić information content (AvgIpc) is 3.60. The number of aromatic nitrogens is 3. The summed E-state index contributed by atoms with van der Waals surface area (Å²) in [4.78, 5) is 19.6. The molecule has 1 aliphatic heterocycles. The Morgan fingerprint density at radius 2 is 1.84 bits per heavy atom. The van der Waals surface area contributed by atoms with Crippen LogP contribution < -0.4 is 4.90 Å². The number of halogens is 2. The number of fused-ring (bicyclic) bond motifs is 1. The molecule has 0 radical (unpaired) electrons. The molecule has 1 aliphatic carbocycles. The number of carbonyl (C=O) groups excluding carboxylic acids is 1. The number of anilines is 1. The number of amides is 1. The minimum absolute atomic E-state index is 0.0667. The number of rotatable bonds is 5. The van der Waals surface area contributed by atoms with Gasteiger partial charge in [-0.05, 0) is 68.9 Å². The Labute approximate surface area is 217 Å². The number of aryl methyl sites for hydroxylation is 1. The molecule has 2 aliphatic rings. The number of nitrogens with zero attached hydrogens (tertiary/aromatic N) is 4. The van der Waals surface area contributed by atoms with Crippen LogP contribution in [-0.4, -0.2) is 36.9 Å².